The molecule has 0 radical (unpaired) electrons. The molecule has 0 spiro atoms. The van der Waals surface area contributed by atoms with Crippen molar-refractivity contribution in [1.82, 2.24) is 0 Å². The first-order chi connectivity index (χ1) is 23.0. The molecule has 3 atom stereocenters. The summed E-state index contributed by atoms with van der Waals surface area (Å²) < 4.78 is 2.72. The van der Waals surface area contributed by atoms with Crippen LogP contribution >= 0.6 is 11.3 Å². The van der Waals surface area contributed by atoms with E-state index in [2.05, 4.69) is 138 Å². The van der Waals surface area contributed by atoms with E-state index in [0.717, 1.165) is 0 Å². The van der Waals surface area contributed by atoms with Crippen molar-refractivity contribution in [3.8, 4) is 0 Å². The summed E-state index contributed by atoms with van der Waals surface area (Å²) in [5, 5.41) is 2.72. The van der Waals surface area contributed by atoms with Crippen LogP contribution in [0, 0.1) is 19.3 Å². The largest absolute Gasteiger partial charge is 0.311 e. The fourth-order valence-electron chi connectivity index (χ4n) is 10.8. The first-order valence-electron chi connectivity index (χ1n) is 18.1. The maximum Gasteiger partial charge on any atom is 0.247 e. The van der Waals surface area contributed by atoms with Gasteiger partial charge in [0.15, 0.2) is 0 Å². The monoisotopic (exact) mass is 641 g/mol. The Morgan fingerprint density at radius 1 is 0.750 bits per heavy atom. The molecule has 3 heterocycles. The molecule has 5 aromatic carbocycles. The third-order valence-corrected chi connectivity index (χ3v) is 14.5. The zero-order valence-electron chi connectivity index (χ0n) is 29.4. The maximum absolute atomic E-state index is 2.67. The van der Waals surface area contributed by atoms with Gasteiger partial charge in [0.05, 0.1) is 0 Å². The van der Waals surface area contributed by atoms with E-state index in [1.807, 2.05) is 11.3 Å². The van der Waals surface area contributed by atoms with Crippen molar-refractivity contribution in [3.05, 3.63) is 118 Å². The second-order valence-electron chi connectivity index (χ2n) is 17.1. The highest BCUT2D eigenvalue weighted by Gasteiger charge is 2.62. The molecule has 4 aliphatic rings. The zero-order chi connectivity index (χ0) is 32.9. The smallest absolute Gasteiger partial charge is 0.247 e. The zero-order valence-corrected chi connectivity index (χ0v) is 30.2. The molecule has 1 nitrogen and oxygen atoms in total. The fourth-order valence-corrected chi connectivity index (χ4v) is 11.8. The van der Waals surface area contributed by atoms with Crippen LogP contribution in [0.4, 0.5) is 17.1 Å². The molecule has 6 aromatic rings. The van der Waals surface area contributed by atoms with Gasteiger partial charge in [0.25, 0.3) is 0 Å². The SMILES string of the molecule is Cc1ccc2c(c1)N(c1ccc3sc4ccccc4c3c1)c1cc(C)cc3c1B2c1cc(C(C)(C)C)cc2c1C3C1(C)CCCCC21C. The Hall–Kier alpha value is -3.82. The topological polar surface area (TPSA) is 3.24 Å². The van der Waals surface area contributed by atoms with Gasteiger partial charge in [0.1, 0.15) is 0 Å². The minimum absolute atomic E-state index is 0.0803. The summed E-state index contributed by atoms with van der Waals surface area (Å²) in [6.07, 6.45) is 5.24. The van der Waals surface area contributed by atoms with Gasteiger partial charge in [-0.25, -0.2) is 0 Å². The lowest BCUT2D eigenvalue weighted by Crippen LogP contribution is -2.62. The van der Waals surface area contributed by atoms with Gasteiger partial charge in [-0.3, -0.25) is 0 Å². The van der Waals surface area contributed by atoms with Crippen molar-refractivity contribution in [2.45, 2.75) is 90.9 Å². The molecule has 1 fully saturated rings. The van der Waals surface area contributed by atoms with Crippen LogP contribution in [0.25, 0.3) is 20.2 Å². The summed E-state index contributed by atoms with van der Waals surface area (Å²) in [6, 6.07) is 33.8. The third-order valence-electron chi connectivity index (χ3n) is 13.3. The lowest BCUT2D eigenvalue weighted by molar-refractivity contribution is 0.0925. The second-order valence-corrected chi connectivity index (χ2v) is 18.1. The van der Waals surface area contributed by atoms with Crippen LogP contribution in [0.1, 0.15) is 99.6 Å². The van der Waals surface area contributed by atoms with Gasteiger partial charge in [-0.1, -0.05) is 101 Å². The number of thiophene rings is 1. The molecular formula is C45H44BNS. The van der Waals surface area contributed by atoms with E-state index in [-0.39, 0.29) is 23.0 Å². The first kappa shape index (κ1) is 29.1. The molecule has 3 heteroatoms. The first-order valence-corrected chi connectivity index (χ1v) is 18.9. The molecule has 0 bridgehead atoms. The summed E-state index contributed by atoms with van der Waals surface area (Å²) in [4.78, 5) is 2.63. The van der Waals surface area contributed by atoms with Crippen LogP contribution in [0.2, 0.25) is 0 Å². The minimum atomic E-state index is 0.0803. The summed E-state index contributed by atoms with van der Waals surface area (Å²) >= 11 is 1.90. The molecule has 48 heavy (non-hydrogen) atoms. The van der Waals surface area contributed by atoms with Crippen molar-refractivity contribution >= 4 is 71.7 Å². The lowest BCUT2D eigenvalue weighted by atomic mass is 9.30. The van der Waals surface area contributed by atoms with Crippen LogP contribution in [-0.2, 0) is 10.8 Å². The maximum atomic E-state index is 2.67. The van der Waals surface area contributed by atoms with Gasteiger partial charge in [-0.2, -0.15) is 0 Å². The van der Waals surface area contributed by atoms with Crippen molar-refractivity contribution in [2.24, 2.45) is 5.41 Å². The molecule has 0 amide bonds. The highest BCUT2D eigenvalue weighted by molar-refractivity contribution is 7.25. The average Bonchev–Trinajstić information content (AvgIpc) is 3.52. The van der Waals surface area contributed by atoms with E-state index in [9.17, 15) is 0 Å². The van der Waals surface area contributed by atoms with Crippen molar-refractivity contribution in [1.29, 1.82) is 0 Å². The van der Waals surface area contributed by atoms with Gasteiger partial charge >= 0.3 is 0 Å². The molecule has 2 aliphatic carbocycles. The number of rotatable bonds is 1. The number of hydrogen-bond donors (Lipinski definition) is 0. The highest BCUT2D eigenvalue weighted by Crippen LogP contribution is 2.67. The number of hydrogen-bond acceptors (Lipinski definition) is 2. The van der Waals surface area contributed by atoms with E-state index >= 15 is 0 Å². The Labute approximate surface area is 290 Å². The van der Waals surface area contributed by atoms with Crippen molar-refractivity contribution < 1.29 is 0 Å². The van der Waals surface area contributed by atoms with E-state index in [0.29, 0.717) is 5.92 Å². The Bertz CT molecular complexity index is 2370. The van der Waals surface area contributed by atoms with E-state index in [4.69, 9.17) is 0 Å². The van der Waals surface area contributed by atoms with Crippen LogP contribution < -0.4 is 21.3 Å². The van der Waals surface area contributed by atoms with Crippen LogP contribution in [0.3, 0.4) is 0 Å². The number of anilines is 3. The number of fused-ring (bicyclic) bond motifs is 10. The van der Waals surface area contributed by atoms with Crippen molar-refractivity contribution in [2.75, 3.05) is 4.90 Å². The van der Waals surface area contributed by atoms with Crippen LogP contribution in [-0.4, -0.2) is 6.71 Å². The molecule has 3 unspecified atom stereocenters. The summed E-state index contributed by atoms with van der Waals surface area (Å²) in [6.45, 7) is 17.4. The molecule has 0 saturated heterocycles. The predicted molar refractivity (Wildman–Crippen MR) is 209 cm³/mol. The standard InChI is InChI=1S/C45H44BNS/c1-26-14-16-34-36(21-26)47(29-15-17-39-31(25-29)30-12-8-9-13-38(30)48-39)37-22-27(2)20-32-41-40-33(44(6)18-10-11-19-45(41,44)7)23-28(43(3,4)5)24-35(40)46(34)42(32)37/h8-9,12-17,20-25,41H,10-11,18-19H2,1-7H3. The number of aryl methyl sites for hydroxylation is 2. The fraction of sp³-hybridized carbons (Fsp3) is 0.333. The van der Waals surface area contributed by atoms with E-state index in [1.54, 1.807) is 27.6 Å². The predicted octanol–water partition coefficient (Wildman–Crippen LogP) is 10.6. The summed E-state index contributed by atoms with van der Waals surface area (Å²) in [5.74, 6) is 0.420. The van der Waals surface area contributed by atoms with Gasteiger partial charge in [0, 0.05) is 43.2 Å². The molecular weight excluding hydrogens is 597 g/mol. The summed E-state index contributed by atoms with van der Waals surface area (Å²) in [7, 11) is 0. The molecule has 10 rings (SSSR count). The van der Waals surface area contributed by atoms with Gasteiger partial charge in [0.2, 0.25) is 6.71 Å². The molecule has 1 saturated carbocycles. The molecule has 0 N–H and O–H groups in total. The Balaban J connectivity index is 1.32. The van der Waals surface area contributed by atoms with E-state index in [1.165, 1.54) is 85.1 Å². The normalized spacial score (nSPS) is 23.7. The lowest BCUT2D eigenvalue weighted by Gasteiger charge is -2.51. The minimum Gasteiger partial charge on any atom is -0.311 e. The molecule has 238 valence electrons. The van der Waals surface area contributed by atoms with Crippen LogP contribution in [0.5, 0.6) is 0 Å². The van der Waals surface area contributed by atoms with E-state index < -0.39 is 0 Å². The third kappa shape index (κ3) is 3.59. The number of benzene rings is 5. The molecule has 1 aromatic heterocycles. The van der Waals surface area contributed by atoms with Crippen LogP contribution in [0.15, 0.2) is 84.9 Å². The Morgan fingerprint density at radius 2 is 1.52 bits per heavy atom. The Morgan fingerprint density at radius 3 is 2.35 bits per heavy atom. The van der Waals surface area contributed by atoms with Gasteiger partial charge in [-0.05, 0) is 124 Å². The summed E-state index contributed by atoms with van der Waals surface area (Å²) in [5.41, 5.74) is 18.1. The van der Waals surface area contributed by atoms with Crippen molar-refractivity contribution in [3.63, 3.8) is 0 Å². The second kappa shape index (κ2) is 9.45. The number of nitrogens with zero attached hydrogens (tertiary/aromatic N) is 1. The molecule has 2 aliphatic heterocycles. The quantitative estimate of drug-likeness (QED) is 0.161. The Kier molecular flexibility index (Phi) is 5.73. The van der Waals surface area contributed by atoms with Gasteiger partial charge in [-0.15, -0.1) is 11.3 Å². The average molecular weight is 642 g/mol. The highest BCUT2D eigenvalue weighted by atomic mass is 32.1. The van der Waals surface area contributed by atoms with Gasteiger partial charge < -0.3 is 4.90 Å².